The molecule has 2 N–H and O–H groups in total. The number of nitrogens with zero attached hydrogens (tertiary/aromatic N) is 1. The molecule has 0 radical (unpaired) electrons. The summed E-state index contributed by atoms with van der Waals surface area (Å²) in [5.74, 6) is 0.0971. The SMILES string of the molecule is O=C(Nc1ccc(Cl)c2ncccc12)C1CCNC1. The largest absolute Gasteiger partial charge is 0.325 e. The third kappa shape index (κ3) is 2.41. The highest BCUT2D eigenvalue weighted by Gasteiger charge is 2.22. The summed E-state index contributed by atoms with van der Waals surface area (Å²) in [4.78, 5) is 16.4. The van der Waals surface area contributed by atoms with Gasteiger partial charge < -0.3 is 10.6 Å². The lowest BCUT2D eigenvalue weighted by Gasteiger charge is -2.12. The van der Waals surface area contributed by atoms with E-state index in [9.17, 15) is 4.79 Å². The van der Waals surface area contributed by atoms with Gasteiger partial charge in [0.1, 0.15) is 0 Å². The van der Waals surface area contributed by atoms with E-state index in [2.05, 4.69) is 15.6 Å². The first-order valence-electron chi connectivity index (χ1n) is 6.30. The van der Waals surface area contributed by atoms with Crippen LogP contribution in [0.5, 0.6) is 0 Å². The van der Waals surface area contributed by atoms with Crippen LogP contribution in [0, 0.1) is 5.92 Å². The van der Waals surface area contributed by atoms with Crippen molar-refractivity contribution in [1.29, 1.82) is 0 Å². The summed E-state index contributed by atoms with van der Waals surface area (Å²) in [5.41, 5.74) is 1.48. The maximum atomic E-state index is 12.1. The molecule has 1 fully saturated rings. The molecule has 0 aliphatic carbocycles. The van der Waals surface area contributed by atoms with Crippen molar-refractivity contribution in [3.05, 3.63) is 35.5 Å². The molecular weight excluding hydrogens is 262 g/mol. The fourth-order valence-electron chi connectivity index (χ4n) is 2.36. The Labute approximate surface area is 116 Å². The predicted octanol–water partition coefficient (Wildman–Crippen LogP) is 2.44. The van der Waals surface area contributed by atoms with E-state index < -0.39 is 0 Å². The summed E-state index contributed by atoms with van der Waals surface area (Å²) < 4.78 is 0. The van der Waals surface area contributed by atoms with Crippen LogP contribution < -0.4 is 10.6 Å². The number of carbonyl (C=O) groups is 1. The molecule has 1 aromatic heterocycles. The summed E-state index contributed by atoms with van der Waals surface area (Å²) in [5, 5.41) is 7.63. The van der Waals surface area contributed by atoms with Gasteiger partial charge in [0.2, 0.25) is 5.91 Å². The van der Waals surface area contributed by atoms with E-state index in [1.165, 1.54) is 0 Å². The predicted molar refractivity (Wildman–Crippen MR) is 76.4 cm³/mol. The Kier molecular flexibility index (Phi) is 3.36. The molecule has 2 aromatic rings. The number of benzene rings is 1. The third-order valence-corrected chi connectivity index (χ3v) is 3.71. The number of carbonyl (C=O) groups excluding carboxylic acids is 1. The summed E-state index contributed by atoms with van der Waals surface area (Å²) >= 11 is 6.11. The smallest absolute Gasteiger partial charge is 0.228 e. The Balaban J connectivity index is 1.92. The van der Waals surface area contributed by atoms with Crippen LogP contribution in [0.2, 0.25) is 5.02 Å². The molecule has 0 spiro atoms. The normalized spacial score (nSPS) is 18.7. The van der Waals surface area contributed by atoms with Crippen molar-refractivity contribution in [2.24, 2.45) is 5.92 Å². The molecule has 0 saturated carbocycles. The number of nitrogens with one attached hydrogen (secondary N) is 2. The fourth-order valence-corrected chi connectivity index (χ4v) is 2.57. The zero-order valence-corrected chi connectivity index (χ0v) is 11.1. The summed E-state index contributed by atoms with van der Waals surface area (Å²) in [6.45, 7) is 1.65. The van der Waals surface area contributed by atoms with Gasteiger partial charge in [0.15, 0.2) is 0 Å². The van der Waals surface area contributed by atoms with Crippen LogP contribution in [0.4, 0.5) is 5.69 Å². The number of amides is 1. The van der Waals surface area contributed by atoms with Gasteiger partial charge in [0.25, 0.3) is 0 Å². The first kappa shape index (κ1) is 12.4. The van der Waals surface area contributed by atoms with Crippen LogP contribution in [-0.4, -0.2) is 24.0 Å². The molecule has 1 aromatic carbocycles. The van der Waals surface area contributed by atoms with Crippen LogP contribution in [0.3, 0.4) is 0 Å². The summed E-state index contributed by atoms with van der Waals surface area (Å²) in [6, 6.07) is 7.34. The number of halogens is 1. The molecule has 4 nitrogen and oxygen atoms in total. The van der Waals surface area contributed by atoms with Gasteiger partial charge in [-0.15, -0.1) is 0 Å². The average molecular weight is 276 g/mol. The Morgan fingerprint density at radius 3 is 3.11 bits per heavy atom. The molecule has 5 heteroatoms. The van der Waals surface area contributed by atoms with E-state index >= 15 is 0 Å². The maximum absolute atomic E-state index is 12.1. The standard InChI is InChI=1S/C14H14ClN3O/c15-11-3-4-12(10-2-1-6-17-13(10)11)18-14(19)9-5-7-16-8-9/h1-4,6,9,16H,5,7-8H2,(H,18,19). The topological polar surface area (TPSA) is 54.0 Å². The first-order valence-corrected chi connectivity index (χ1v) is 6.68. The minimum Gasteiger partial charge on any atom is -0.325 e. The van der Waals surface area contributed by atoms with Gasteiger partial charge in [-0.25, -0.2) is 0 Å². The zero-order chi connectivity index (χ0) is 13.2. The van der Waals surface area contributed by atoms with Crippen LogP contribution >= 0.6 is 11.6 Å². The Hall–Kier alpha value is -1.65. The van der Waals surface area contributed by atoms with Crippen LogP contribution in [0.25, 0.3) is 10.9 Å². The summed E-state index contributed by atoms with van der Waals surface area (Å²) in [6.07, 6.45) is 2.58. The maximum Gasteiger partial charge on any atom is 0.228 e. The second kappa shape index (κ2) is 5.15. The number of aromatic nitrogens is 1. The highest BCUT2D eigenvalue weighted by Crippen LogP contribution is 2.28. The molecule has 0 bridgehead atoms. The molecule has 1 saturated heterocycles. The lowest BCUT2D eigenvalue weighted by atomic mass is 10.1. The van der Waals surface area contributed by atoms with Gasteiger partial charge in [-0.1, -0.05) is 11.6 Å². The van der Waals surface area contributed by atoms with E-state index in [1.807, 2.05) is 18.2 Å². The van der Waals surface area contributed by atoms with Crippen molar-refractivity contribution < 1.29 is 4.79 Å². The highest BCUT2D eigenvalue weighted by molar-refractivity contribution is 6.35. The minimum absolute atomic E-state index is 0.0439. The van der Waals surface area contributed by atoms with Gasteiger partial charge in [0.05, 0.1) is 22.1 Å². The number of rotatable bonds is 2. The Morgan fingerprint density at radius 2 is 2.32 bits per heavy atom. The van der Waals surface area contributed by atoms with Gasteiger partial charge in [-0.05, 0) is 37.2 Å². The van der Waals surface area contributed by atoms with E-state index in [0.29, 0.717) is 10.5 Å². The number of anilines is 1. The zero-order valence-electron chi connectivity index (χ0n) is 10.3. The van der Waals surface area contributed by atoms with E-state index in [-0.39, 0.29) is 11.8 Å². The lowest BCUT2D eigenvalue weighted by Crippen LogP contribution is -2.24. The Morgan fingerprint density at radius 1 is 1.42 bits per heavy atom. The van der Waals surface area contributed by atoms with Gasteiger partial charge in [0, 0.05) is 18.1 Å². The minimum atomic E-state index is 0.0439. The van der Waals surface area contributed by atoms with Crippen molar-refractivity contribution in [3.63, 3.8) is 0 Å². The fraction of sp³-hybridized carbons (Fsp3) is 0.286. The molecule has 1 atom stereocenters. The van der Waals surface area contributed by atoms with E-state index in [4.69, 9.17) is 11.6 Å². The second-order valence-corrected chi connectivity index (χ2v) is 5.08. The van der Waals surface area contributed by atoms with E-state index in [0.717, 1.165) is 30.6 Å². The molecule has 1 aliphatic rings. The van der Waals surface area contributed by atoms with Crippen molar-refractivity contribution >= 4 is 34.1 Å². The molecular formula is C14H14ClN3O. The number of hydrogen-bond donors (Lipinski definition) is 2. The number of fused-ring (bicyclic) bond motifs is 1. The Bertz CT molecular complexity index is 623. The molecule has 98 valence electrons. The first-order chi connectivity index (χ1) is 9.25. The van der Waals surface area contributed by atoms with Crippen molar-refractivity contribution in [1.82, 2.24) is 10.3 Å². The number of pyridine rings is 1. The molecule has 2 heterocycles. The molecule has 1 aliphatic heterocycles. The summed E-state index contributed by atoms with van der Waals surface area (Å²) in [7, 11) is 0. The molecule has 1 unspecified atom stereocenters. The van der Waals surface area contributed by atoms with Crippen LogP contribution in [0.1, 0.15) is 6.42 Å². The quantitative estimate of drug-likeness (QED) is 0.885. The molecule has 19 heavy (non-hydrogen) atoms. The molecule has 3 rings (SSSR count). The lowest BCUT2D eigenvalue weighted by molar-refractivity contribution is -0.119. The van der Waals surface area contributed by atoms with Gasteiger partial charge in [-0.3, -0.25) is 9.78 Å². The second-order valence-electron chi connectivity index (χ2n) is 4.67. The number of hydrogen-bond acceptors (Lipinski definition) is 3. The van der Waals surface area contributed by atoms with Crippen molar-refractivity contribution in [3.8, 4) is 0 Å². The van der Waals surface area contributed by atoms with Crippen molar-refractivity contribution in [2.75, 3.05) is 18.4 Å². The van der Waals surface area contributed by atoms with Crippen LogP contribution in [-0.2, 0) is 4.79 Å². The molecule has 1 amide bonds. The third-order valence-electron chi connectivity index (χ3n) is 3.41. The van der Waals surface area contributed by atoms with E-state index in [1.54, 1.807) is 12.3 Å². The highest BCUT2D eigenvalue weighted by atomic mass is 35.5. The van der Waals surface area contributed by atoms with Crippen LogP contribution in [0.15, 0.2) is 30.5 Å². The average Bonchev–Trinajstić information content (AvgIpc) is 2.96. The van der Waals surface area contributed by atoms with Crippen molar-refractivity contribution in [2.45, 2.75) is 6.42 Å². The van der Waals surface area contributed by atoms with Gasteiger partial charge >= 0.3 is 0 Å². The monoisotopic (exact) mass is 275 g/mol. The van der Waals surface area contributed by atoms with Gasteiger partial charge in [-0.2, -0.15) is 0 Å².